The lowest BCUT2D eigenvalue weighted by atomic mass is 9.98. The maximum Gasteiger partial charge on any atom is 0.220 e. The van der Waals surface area contributed by atoms with Gasteiger partial charge in [0.05, 0.1) is 24.9 Å². The molecule has 0 aliphatic carbocycles. The number of hydrogen-bond acceptors (Lipinski definition) is 4. The first kappa shape index (κ1) is 15.3. The second kappa shape index (κ2) is 7.60. The molecule has 1 unspecified atom stereocenters. The van der Waals surface area contributed by atoms with Gasteiger partial charge in [-0.2, -0.15) is 0 Å². The van der Waals surface area contributed by atoms with Crippen LogP contribution >= 0.6 is 0 Å². The van der Waals surface area contributed by atoms with Crippen LogP contribution in [0.15, 0.2) is 0 Å². The van der Waals surface area contributed by atoms with E-state index in [2.05, 4.69) is 5.32 Å². The highest BCUT2D eigenvalue weighted by molar-refractivity contribution is 5.76. The quantitative estimate of drug-likeness (QED) is 0.553. The summed E-state index contributed by atoms with van der Waals surface area (Å²) in [6.07, 6.45) is 1.48. The number of aliphatic hydroxyl groups is 2. The molecule has 0 aromatic rings. The molecule has 0 rings (SSSR count). The van der Waals surface area contributed by atoms with E-state index in [4.69, 9.17) is 14.9 Å². The van der Waals surface area contributed by atoms with E-state index in [9.17, 15) is 4.79 Å². The molecule has 0 aliphatic rings. The van der Waals surface area contributed by atoms with E-state index in [0.29, 0.717) is 19.3 Å². The third-order valence-electron chi connectivity index (χ3n) is 2.87. The van der Waals surface area contributed by atoms with Crippen LogP contribution < -0.4 is 5.32 Å². The minimum Gasteiger partial charge on any atom is -0.394 e. The molecule has 5 heteroatoms. The number of methoxy groups -OCH3 is 1. The highest BCUT2D eigenvalue weighted by Crippen LogP contribution is 2.09. The van der Waals surface area contributed by atoms with Crippen LogP contribution in [0.3, 0.4) is 0 Å². The Kier molecular flexibility index (Phi) is 7.29. The van der Waals surface area contributed by atoms with Gasteiger partial charge in [-0.25, -0.2) is 0 Å². The van der Waals surface area contributed by atoms with E-state index in [1.165, 1.54) is 0 Å². The minimum absolute atomic E-state index is 0.0324. The summed E-state index contributed by atoms with van der Waals surface area (Å²) in [4.78, 5) is 11.6. The number of ether oxygens (including phenoxy) is 1. The predicted molar refractivity (Wildman–Crippen MR) is 61.0 cm³/mol. The molecule has 0 bridgehead atoms. The van der Waals surface area contributed by atoms with Gasteiger partial charge in [-0.3, -0.25) is 4.79 Å². The predicted octanol–water partition coefficient (Wildman–Crippen LogP) is 0.0511. The van der Waals surface area contributed by atoms with Gasteiger partial charge in [-0.1, -0.05) is 6.92 Å². The van der Waals surface area contributed by atoms with Crippen LogP contribution in [0.2, 0.25) is 0 Å². The number of carbonyl (C=O) groups excluding carboxylic acids is 1. The monoisotopic (exact) mass is 233 g/mol. The molecule has 0 saturated carbocycles. The van der Waals surface area contributed by atoms with E-state index in [0.717, 1.165) is 0 Å². The molecule has 5 nitrogen and oxygen atoms in total. The second-order valence-corrected chi connectivity index (χ2v) is 4.08. The first-order chi connectivity index (χ1) is 7.53. The highest BCUT2D eigenvalue weighted by Gasteiger charge is 2.28. The number of amides is 1. The van der Waals surface area contributed by atoms with Crippen molar-refractivity contribution in [3.05, 3.63) is 0 Å². The lowest BCUT2D eigenvalue weighted by molar-refractivity contribution is -0.125. The maximum atomic E-state index is 11.6. The fraction of sp³-hybridized carbons (Fsp3) is 0.909. The molecule has 0 heterocycles. The standard InChI is InChI=1S/C11H23NO4/c1-4-11(7-13,8-14)12-10(15)6-5-9(2)16-3/h9,13-14H,4-8H2,1-3H3,(H,12,15). The molecule has 0 spiro atoms. The topological polar surface area (TPSA) is 78.8 Å². The van der Waals surface area contributed by atoms with E-state index in [1.54, 1.807) is 7.11 Å². The Morgan fingerprint density at radius 3 is 2.38 bits per heavy atom. The fourth-order valence-corrected chi connectivity index (χ4v) is 1.25. The van der Waals surface area contributed by atoms with Gasteiger partial charge in [-0.15, -0.1) is 0 Å². The van der Waals surface area contributed by atoms with Gasteiger partial charge in [0.1, 0.15) is 0 Å². The maximum absolute atomic E-state index is 11.6. The van der Waals surface area contributed by atoms with Gasteiger partial charge in [0, 0.05) is 13.5 Å². The lowest BCUT2D eigenvalue weighted by Crippen LogP contribution is -2.53. The number of carbonyl (C=O) groups is 1. The van der Waals surface area contributed by atoms with Crippen LogP contribution in [-0.4, -0.2) is 48.1 Å². The zero-order valence-electron chi connectivity index (χ0n) is 10.3. The highest BCUT2D eigenvalue weighted by atomic mass is 16.5. The molecule has 16 heavy (non-hydrogen) atoms. The summed E-state index contributed by atoms with van der Waals surface area (Å²) in [5.74, 6) is -0.172. The van der Waals surface area contributed by atoms with Crippen molar-refractivity contribution in [3.8, 4) is 0 Å². The number of nitrogens with one attached hydrogen (secondary N) is 1. The van der Waals surface area contributed by atoms with E-state index < -0.39 is 5.54 Å². The van der Waals surface area contributed by atoms with Crippen molar-refractivity contribution in [1.29, 1.82) is 0 Å². The van der Waals surface area contributed by atoms with Crippen molar-refractivity contribution in [3.63, 3.8) is 0 Å². The van der Waals surface area contributed by atoms with E-state index >= 15 is 0 Å². The number of aliphatic hydroxyl groups excluding tert-OH is 2. The zero-order valence-corrected chi connectivity index (χ0v) is 10.3. The molecule has 1 amide bonds. The Hall–Kier alpha value is -0.650. The lowest BCUT2D eigenvalue weighted by Gasteiger charge is -2.29. The zero-order chi connectivity index (χ0) is 12.6. The van der Waals surface area contributed by atoms with Gasteiger partial charge in [0.25, 0.3) is 0 Å². The average Bonchev–Trinajstić information content (AvgIpc) is 2.33. The van der Waals surface area contributed by atoms with E-state index in [-0.39, 0.29) is 25.2 Å². The molecule has 0 fully saturated rings. The molecule has 0 saturated heterocycles. The molecular formula is C11H23NO4. The van der Waals surface area contributed by atoms with Crippen LogP contribution in [-0.2, 0) is 9.53 Å². The van der Waals surface area contributed by atoms with Gasteiger partial charge in [-0.05, 0) is 19.8 Å². The second-order valence-electron chi connectivity index (χ2n) is 4.08. The average molecular weight is 233 g/mol. The summed E-state index contributed by atoms with van der Waals surface area (Å²) < 4.78 is 5.03. The molecule has 0 radical (unpaired) electrons. The summed E-state index contributed by atoms with van der Waals surface area (Å²) >= 11 is 0. The largest absolute Gasteiger partial charge is 0.394 e. The van der Waals surface area contributed by atoms with Crippen LogP contribution in [0, 0.1) is 0 Å². The van der Waals surface area contributed by atoms with Crippen molar-refractivity contribution in [1.82, 2.24) is 5.32 Å². The van der Waals surface area contributed by atoms with Gasteiger partial charge in [0.2, 0.25) is 5.91 Å². The van der Waals surface area contributed by atoms with Crippen LogP contribution in [0.5, 0.6) is 0 Å². The number of hydrogen-bond donors (Lipinski definition) is 3. The third-order valence-corrected chi connectivity index (χ3v) is 2.87. The number of rotatable bonds is 8. The molecule has 0 aromatic heterocycles. The molecule has 96 valence electrons. The molecule has 1 atom stereocenters. The Bertz CT molecular complexity index is 196. The SMILES string of the molecule is CCC(CO)(CO)NC(=O)CCC(C)OC. The normalized spacial score (nSPS) is 13.6. The Morgan fingerprint density at radius 2 is 2.00 bits per heavy atom. The fourth-order valence-electron chi connectivity index (χ4n) is 1.25. The van der Waals surface area contributed by atoms with Crippen LogP contribution in [0.4, 0.5) is 0 Å². The van der Waals surface area contributed by atoms with Crippen molar-refractivity contribution < 1.29 is 19.7 Å². The third kappa shape index (κ3) is 4.92. The summed E-state index contributed by atoms with van der Waals surface area (Å²) in [6.45, 7) is 3.18. The Labute approximate surface area is 96.8 Å². The summed E-state index contributed by atoms with van der Waals surface area (Å²) in [6, 6.07) is 0. The minimum atomic E-state index is -0.895. The smallest absolute Gasteiger partial charge is 0.220 e. The summed E-state index contributed by atoms with van der Waals surface area (Å²) in [7, 11) is 1.60. The van der Waals surface area contributed by atoms with Crippen molar-refractivity contribution in [2.24, 2.45) is 0 Å². The van der Waals surface area contributed by atoms with Crippen molar-refractivity contribution in [2.45, 2.75) is 44.8 Å². The molecule has 3 N–H and O–H groups in total. The molecule has 0 aliphatic heterocycles. The van der Waals surface area contributed by atoms with E-state index in [1.807, 2.05) is 13.8 Å². The van der Waals surface area contributed by atoms with Crippen LogP contribution in [0.25, 0.3) is 0 Å². The Morgan fingerprint density at radius 1 is 1.44 bits per heavy atom. The first-order valence-electron chi connectivity index (χ1n) is 5.59. The van der Waals surface area contributed by atoms with Crippen molar-refractivity contribution in [2.75, 3.05) is 20.3 Å². The van der Waals surface area contributed by atoms with Gasteiger partial charge in [0.15, 0.2) is 0 Å². The van der Waals surface area contributed by atoms with Crippen LogP contribution in [0.1, 0.15) is 33.1 Å². The summed E-state index contributed by atoms with van der Waals surface area (Å²) in [5, 5.41) is 21.0. The first-order valence-corrected chi connectivity index (χ1v) is 5.59. The van der Waals surface area contributed by atoms with Crippen molar-refractivity contribution >= 4 is 5.91 Å². The summed E-state index contributed by atoms with van der Waals surface area (Å²) in [5.41, 5.74) is -0.895. The Balaban J connectivity index is 4.10. The molecule has 0 aromatic carbocycles. The van der Waals surface area contributed by atoms with Gasteiger partial charge >= 0.3 is 0 Å². The molecular weight excluding hydrogens is 210 g/mol. The van der Waals surface area contributed by atoms with Gasteiger partial charge < -0.3 is 20.3 Å².